The van der Waals surface area contributed by atoms with E-state index < -0.39 is 0 Å². The summed E-state index contributed by atoms with van der Waals surface area (Å²) in [5.74, 6) is 1.08. The molecule has 0 N–H and O–H groups in total. The van der Waals surface area contributed by atoms with Crippen molar-refractivity contribution in [3.63, 3.8) is 0 Å². The Morgan fingerprint density at radius 2 is 1.87 bits per heavy atom. The molecule has 2 heterocycles. The lowest BCUT2D eigenvalue weighted by Gasteiger charge is -2.40. The first-order valence-electron chi connectivity index (χ1n) is 8.68. The lowest BCUT2D eigenvalue weighted by atomic mass is 9.94. The molecule has 0 unspecified atom stereocenters. The van der Waals surface area contributed by atoms with Crippen molar-refractivity contribution in [2.45, 2.75) is 45.2 Å². The van der Waals surface area contributed by atoms with E-state index in [1.165, 1.54) is 37.1 Å². The Labute approximate surface area is 140 Å². The van der Waals surface area contributed by atoms with Gasteiger partial charge < -0.3 is 4.90 Å². The van der Waals surface area contributed by atoms with E-state index in [1.807, 2.05) is 6.20 Å². The van der Waals surface area contributed by atoms with E-state index in [2.05, 4.69) is 73.2 Å². The summed E-state index contributed by atoms with van der Waals surface area (Å²) in [6.45, 7) is 5.79. The predicted octanol–water partition coefficient (Wildman–Crippen LogP) is 4.78. The third kappa shape index (κ3) is 3.40. The monoisotopic (exact) mass is 309 g/mol. The molecule has 0 aliphatic carbocycles. The quantitative estimate of drug-likeness (QED) is 0.810. The molecule has 0 spiro atoms. The third-order valence-electron chi connectivity index (χ3n) is 4.84. The number of likely N-dealkylation sites (tertiary alicyclic amines) is 1. The van der Waals surface area contributed by atoms with Crippen molar-refractivity contribution in [3.05, 3.63) is 54.2 Å². The van der Waals surface area contributed by atoms with Crippen LogP contribution in [-0.2, 0) is 0 Å². The first kappa shape index (κ1) is 16.0. The van der Waals surface area contributed by atoms with Crippen molar-refractivity contribution in [1.82, 2.24) is 9.88 Å². The first-order valence-corrected chi connectivity index (χ1v) is 8.68. The van der Waals surface area contributed by atoms with Gasteiger partial charge in [0.2, 0.25) is 0 Å². The van der Waals surface area contributed by atoms with E-state index in [4.69, 9.17) is 4.98 Å². The second kappa shape index (κ2) is 7.14. The number of rotatable bonds is 4. The van der Waals surface area contributed by atoms with Crippen molar-refractivity contribution in [1.29, 1.82) is 0 Å². The molecule has 3 nitrogen and oxygen atoms in total. The van der Waals surface area contributed by atoms with Gasteiger partial charge in [0.1, 0.15) is 5.82 Å². The van der Waals surface area contributed by atoms with Crippen LogP contribution in [0, 0.1) is 0 Å². The average molecular weight is 309 g/mol. The fourth-order valence-corrected chi connectivity index (χ4v) is 3.63. The van der Waals surface area contributed by atoms with Crippen LogP contribution in [-0.4, -0.2) is 29.5 Å². The molecule has 1 saturated heterocycles. The molecule has 3 rings (SSSR count). The number of aromatic nitrogens is 1. The number of para-hydroxylation sites is 1. The highest BCUT2D eigenvalue weighted by atomic mass is 15.2. The topological polar surface area (TPSA) is 19.4 Å². The normalized spacial score (nSPS) is 19.0. The molecule has 1 atom stereocenters. The summed E-state index contributed by atoms with van der Waals surface area (Å²) >= 11 is 0. The van der Waals surface area contributed by atoms with E-state index in [0.717, 1.165) is 5.82 Å². The van der Waals surface area contributed by atoms with Crippen molar-refractivity contribution in [2.75, 3.05) is 18.5 Å². The molecule has 23 heavy (non-hydrogen) atoms. The zero-order valence-corrected chi connectivity index (χ0v) is 14.4. The maximum absolute atomic E-state index is 4.72. The highest BCUT2D eigenvalue weighted by Crippen LogP contribution is 2.37. The zero-order chi connectivity index (χ0) is 16.2. The largest absolute Gasteiger partial charge is 0.329 e. The van der Waals surface area contributed by atoms with Gasteiger partial charge in [-0.15, -0.1) is 0 Å². The van der Waals surface area contributed by atoms with Gasteiger partial charge in [0, 0.05) is 36.6 Å². The van der Waals surface area contributed by atoms with Gasteiger partial charge in [0.25, 0.3) is 0 Å². The minimum absolute atomic E-state index is 0.471. The van der Waals surface area contributed by atoms with Crippen molar-refractivity contribution < 1.29 is 0 Å². The Bertz CT molecular complexity index is 624. The second-order valence-electron chi connectivity index (χ2n) is 6.65. The predicted molar refractivity (Wildman–Crippen MR) is 97.2 cm³/mol. The maximum atomic E-state index is 4.72. The lowest BCUT2D eigenvalue weighted by Crippen LogP contribution is -2.39. The zero-order valence-electron chi connectivity index (χ0n) is 14.4. The average Bonchev–Trinajstić information content (AvgIpc) is 2.62. The minimum Gasteiger partial charge on any atom is -0.329 e. The summed E-state index contributed by atoms with van der Waals surface area (Å²) in [6, 6.07) is 15.9. The van der Waals surface area contributed by atoms with E-state index in [-0.39, 0.29) is 0 Å². The molecule has 0 amide bonds. The standard InChI is InChI=1S/C20H27N3/c1-16(2)23-15-8-7-13-19(23)18-12-9-14-21-20(18)22(3)17-10-5-4-6-11-17/h4-6,9-12,14,16,19H,7-8,13,15H2,1-3H3/t19-/m1/s1. The van der Waals surface area contributed by atoms with Gasteiger partial charge in [0.05, 0.1) is 0 Å². The molecule has 122 valence electrons. The number of nitrogens with zero attached hydrogens (tertiary/aromatic N) is 3. The molecule has 1 aliphatic heterocycles. The molecule has 0 bridgehead atoms. The third-order valence-corrected chi connectivity index (χ3v) is 4.84. The van der Waals surface area contributed by atoms with Gasteiger partial charge in [-0.2, -0.15) is 0 Å². The summed E-state index contributed by atoms with van der Waals surface area (Å²) in [7, 11) is 2.11. The molecular weight excluding hydrogens is 282 g/mol. The lowest BCUT2D eigenvalue weighted by molar-refractivity contribution is 0.112. The Hall–Kier alpha value is -1.87. The number of benzene rings is 1. The minimum atomic E-state index is 0.471. The van der Waals surface area contributed by atoms with Crippen LogP contribution in [0.2, 0.25) is 0 Å². The molecule has 0 radical (unpaired) electrons. The molecule has 1 aromatic heterocycles. The van der Waals surface area contributed by atoms with Crippen molar-refractivity contribution >= 4 is 11.5 Å². The van der Waals surface area contributed by atoms with Gasteiger partial charge in [-0.05, 0) is 51.4 Å². The van der Waals surface area contributed by atoms with Crippen LogP contribution in [0.1, 0.15) is 44.7 Å². The summed E-state index contributed by atoms with van der Waals surface area (Å²) < 4.78 is 0. The number of piperidine rings is 1. The van der Waals surface area contributed by atoms with Gasteiger partial charge in [-0.3, -0.25) is 4.90 Å². The van der Waals surface area contributed by atoms with Crippen molar-refractivity contribution in [2.24, 2.45) is 0 Å². The van der Waals surface area contributed by atoms with Gasteiger partial charge in [-0.1, -0.05) is 30.7 Å². The number of hydrogen-bond acceptors (Lipinski definition) is 3. The van der Waals surface area contributed by atoms with Crippen LogP contribution in [0.5, 0.6) is 0 Å². The molecule has 1 fully saturated rings. The highest BCUT2D eigenvalue weighted by molar-refractivity contribution is 5.62. The van der Waals surface area contributed by atoms with Crippen LogP contribution < -0.4 is 4.90 Å². The van der Waals surface area contributed by atoms with Crippen LogP contribution >= 0.6 is 0 Å². The van der Waals surface area contributed by atoms with Crippen LogP contribution in [0.15, 0.2) is 48.7 Å². The Kier molecular flexibility index (Phi) is 4.97. The highest BCUT2D eigenvalue weighted by Gasteiger charge is 2.28. The van der Waals surface area contributed by atoms with Gasteiger partial charge >= 0.3 is 0 Å². The molecule has 2 aromatic rings. The van der Waals surface area contributed by atoms with E-state index in [9.17, 15) is 0 Å². The van der Waals surface area contributed by atoms with Gasteiger partial charge in [-0.25, -0.2) is 4.98 Å². The second-order valence-corrected chi connectivity index (χ2v) is 6.65. The SMILES string of the molecule is CC(C)N1CCCC[C@@H]1c1cccnc1N(C)c1ccccc1. The summed E-state index contributed by atoms with van der Waals surface area (Å²) in [6.07, 6.45) is 5.73. The fraction of sp³-hybridized carbons (Fsp3) is 0.450. The van der Waals surface area contributed by atoms with Crippen LogP contribution in [0.25, 0.3) is 0 Å². The summed E-state index contributed by atoms with van der Waals surface area (Å²) in [4.78, 5) is 9.56. The summed E-state index contributed by atoms with van der Waals surface area (Å²) in [5, 5.41) is 0. The molecule has 3 heteroatoms. The molecule has 0 saturated carbocycles. The van der Waals surface area contributed by atoms with E-state index >= 15 is 0 Å². The Morgan fingerprint density at radius 1 is 1.09 bits per heavy atom. The smallest absolute Gasteiger partial charge is 0.137 e. The van der Waals surface area contributed by atoms with Crippen LogP contribution in [0.4, 0.5) is 11.5 Å². The molecule has 1 aliphatic rings. The van der Waals surface area contributed by atoms with Crippen LogP contribution in [0.3, 0.4) is 0 Å². The fourth-order valence-electron chi connectivity index (χ4n) is 3.63. The number of anilines is 2. The van der Waals surface area contributed by atoms with Crippen molar-refractivity contribution in [3.8, 4) is 0 Å². The van der Waals surface area contributed by atoms with Gasteiger partial charge in [0.15, 0.2) is 0 Å². The molecule has 1 aromatic carbocycles. The number of pyridine rings is 1. The van der Waals surface area contributed by atoms with E-state index in [0.29, 0.717) is 12.1 Å². The molecular formula is C20H27N3. The Balaban J connectivity index is 1.97. The summed E-state index contributed by atoms with van der Waals surface area (Å²) in [5.41, 5.74) is 2.53. The maximum Gasteiger partial charge on any atom is 0.137 e. The van der Waals surface area contributed by atoms with E-state index in [1.54, 1.807) is 0 Å². The first-order chi connectivity index (χ1) is 11.2. The number of hydrogen-bond donors (Lipinski definition) is 0. The Morgan fingerprint density at radius 3 is 2.61 bits per heavy atom.